The van der Waals surface area contributed by atoms with Crippen molar-refractivity contribution in [2.75, 3.05) is 0 Å². The summed E-state index contributed by atoms with van der Waals surface area (Å²) in [6.45, 7) is 2.20. The topological polar surface area (TPSA) is 0 Å². The quantitative estimate of drug-likeness (QED) is 0.250. The molecule has 0 amide bonds. The summed E-state index contributed by atoms with van der Waals surface area (Å²) in [7, 11) is 0. The fraction of sp³-hybridized carbons (Fsp3) is 0.0870. The maximum absolute atomic E-state index is 2.33. The van der Waals surface area contributed by atoms with Gasteiger partial charge in [-0.1, -0.05) is 72.3 Å². The molecule has 0 radical (unpaired) electrons. The van der Waals surface area contributed by atoms with E-state index in [4.69, 9.17) is 0 Å². The van der Waals surface area contributed by atoms with Crippen LogP contribution in [-0.2, 0) is 21.1 Å². The van der Waals surface area contributed by atoms with Crippen LogP contribution in [0.3, 0.4) is 0 Å². The molecule has 0 aliphatic heterocycles. The van der Waals surface area contributed by atoms with E-state index in [1.807, 2.05) is 0 Å². The number of benzene rings is 3. The van der Waals surface area contributed by atoms with Gasteiger partial charge in [0.15, 0.2) is 0 Å². The van der Waals surface area contributed by atoms with Crippen molar-refractivity contribution >= 4 is 27.1 Å². The molecule has 1 aliphatic rings. The number of rotatable bonds is 1. The van der Waals surface area contributed by atoms with Crippen LogP contribution in [0, 0.1) is 22.3 Å². The average molecular weight is 497 g/mol. The van der Waals surface area contributed by atoms with Crippen LogP contribution in [0.15, 0.2) is 72.3 Å². The molecule has 0 spiro atoms. The van der Waals surface area contributed by atoms with Gasteiger partial charge in [-0.25, -0.2) is 0 Å². The van der Waals surface area contributed by atoms with Gasteiger partial charge in [-0.2, -0.15) is 0 Å². The Labute approximate surface area is 161 Å². The molecule has 3 aromatic rings. The predicted octanol–water partition coefficient (Wildman–Crippen LogP) is 7.07. The van der Waals surface area contributed by atoms with Crippen LogP contribution in [-0.4, -0.2) is 0 Å². The largest absolute Gasteiger partial charge is 0.358 e. The summed E-state index contributed by atoms with van der Waals surface area (Å²) in [5.74, 6) is 0. The minimum atomic E-state index is 0. The molecule has 0 bridgehead atoms. The van der Waals surface area contributed by atoms with Crippen molar-refractivity contribution in [1.82, 2.24) is 0 Å². The molecular weight excluding hydrogens is 471 g/mol. The molecule has 24 heavy (non-hydrogen) atoms. The Morgan fingerprint density at radius 3 is 2.12 bits per heavy atom. The van der Waals surface area contributed by atoms with E-state index in [0.717, 1.165) is 6.42 Å². The van der Waals surface area contributed by atoms with Gasteiger partial charge in [0.1, 0.15) is 0 Å². The molecule has 0 fully saturated rings. The van der Waals surface area contributed by atoms with Crippen molar-refractivity contribution in [3.05, 3.63) is 100 Å². The summed E-state index contributed by atoms with van der Waals surface area (Å²) >= 11 is 0. The SMILES string of the molecule is CC1=CC(c2cccc3c2ccc2ccccc23)=CC1.[CH3-].[CH3-].[CH3-].[Pt]. The zero-order valence-electron chi connectivity index (χ0n) is 14.9. The molecule has 0 unspecified atom stereocenters. The third kappa shape index (κ3) is 3.70. The molecule has 4 rings (SSSR count). The molecule has 0 N–H and O–H groups in total. The van der Waals surface area contributed by atoms with Crippen LogP contribution < -0.4 is 0 Å². The van der Waals surface area contributed by atoms with Gasteiger partial charge in [0, 0.05) is 21.1 Å². The third-order valence-corrected chi connectivity index (χ3v) is 4.14. The zero-order chi connectivity index (χ0) is 13.5. The number of allylic oxidation sites excluding steroid dienone is 4. The van der Waals surface area contributed by atoms with Gasteiger partial charge in [-0.05, 0) is 46.0 Å². The summed E-state index contributed by atoms with van der Waals surface area (Å²) in [5.41, 5.74) is 4.16. The normalized spacial score (nSPS) is 12.2. The van der Waals surface area contributed by atoms with E-state index in [9.17, 15) is 0 Å². The Hall–Kier alpha value is -1.65. The van der Waals surface area contributed by atoms with E-state index in [1.165, 1.54) is 38.3 Å². The van der Waals surface area contributed by atoms with Crippen molar-refractivity contribution in [2.24, 2.45) is 0 Å². The fourth-order valence-corrected chi connectivity index (χ4v) is 3.13. The molecule has 1 heteroatoms. The van der Waals surface area contributed by atoms with E-state index in [2.05, 4.69) is 73.7 Å². The number of fused-ring (bicyclic) bond motifs is 3. The summed E-state index contributed by atoms with van der Waals surface area (Å²) in [6, 6.07) is 19.7. The maximum atomic E-state index is 2.33. The second kappa shape index (κ2) is 8.99. The third-order valence-electron chi connectivity index (χ3n) is 4.14. The molecule has 0 atom stereocenters. The van der Waals surface area contributed by atoms with E-state index in [-0.39, 0.29) is 43.3 Å². The maximum Gasteiger partial charge on any atom is 0 e. The minimum Gasteiger partial charge on any atom is -0.358 e. The zero-order valence-corrected chi connectivity index (χ0v) is 17.1. The molecular formula is C23H25Pt-3. The van der Waals surface area contributed by atoms with Crippen LogP contribution in [0.5, 0.6) is 0 Å². The van der Waals surface area contributed by atoms with Gasteiger partial charge in [-0.15, -0.1) is 0 Å². The van der Waals surface area contributed by atoms with Crippen LogP contribution in [0.1, 0.15) is 18.9 Å². The first-order chi connectivity index (χ1) is 9.83. The van der Waals surface area contributed by atoms with Gasteiger partial charge in [0.05, 0.1) is 0 Å². The van der Waals surface area contributed by atoms with Crippen molar-refractivity contribution in [3.63, 3.8) is 0 Å². The van der Waals surface area contributed by atoms with Crippen molar-refractivity contribution in [1.29, 1.82) is 0 Å². The second-order valence-corrected chi connectivity index (χ2v) is 5.54. The molecule has 0 saturated heterocycles. The number of hydrogen-bond donors (Lipinski definition) is 0. The average Bonchev–Trinajstić information content (AvgIpc) is 2.93. The molecule has 130 valence electrons. The van der Waals surface area contributed by atoms with Crippen LogP contribution in [0.25, 0.3) is 27.1 Å². The Kier molecular flexibility index (Phi) is 8.38. The van der Waals surface area contributed by atoms with Gasteiger partial charge in [0.2, 0.25) is 0 Å². The first kappa shape index (κ1) is 22.3. The number of hydrogen-bond acceptors (Lipinski definition) is 0. The van der Waals surface area contributed by atoms with Crippen molar-refractivity contribution < 1.29 is 21.1 Å². The molecule has 0 nitrogen and oxygen atoms in total. The summed E-state index contributed by atoms with van der Waals surface area (Å²) < 4.78 is 0. The molecule has 0 saturated carbocycles. The summed E-state index contributed by atoms with van der Waals surface area (Å²) in [6.07, 6.45) is 5.72. The van der Waals surface area contributed by atoms with Crippen LogP contribution in [0.2, 0.25) is 0 Å². The van der Waals surface area contributed by atoms with Crippen LogP contribution in [0.4, 0.5) is 0 Å². The Balaban J connectivity index is 0.00000132. The van der Waals surface area contributed by atoms with Gasteiger partial charge in [0.25, 0.3) is 0 Å². The Bertz CT molecular complexity index is 885. The summed E-state index contributed by atoms with van der Waals surface area (Å²) in [4.78, 5) is 0. The predicted molar refractivity (Wildman–Crippen MR) is 107 cm³/mol. The Morgan fingerprint density at radius 2 is 1.42 bits per heavy atom. The van der Waals surface area contributed by atoms with Gasteiger partial charge in [-0.3, -0.25) is 0 Å². The smallest absolute Gasteiger partial charge is 0 e. The van der Waals surface area contributed by atoms with Gasteiger partial charge < -0.3 is 22.3 Å². The van der Waals surface area contributed by atoms with E-state index in [1.54, 1.807) is 0 Å². The molecule has 3 aromatic carbocycles. The van der Waals surface area contributed by atoms with Gasteiger partial charge >= 0.3 is 0 Å². The van der Waals surface area contributed by atoms with Crippen molar-refractivity contribution in [2.45, 2.75) is 13.3 Å². The molecule has 0 heterocycles. The van der Waals surface area contributed by atoms with Crippen molar-refractivity contribution in [3.8, 4) is 0 Å². The van der Waals surface area contributed by atoms with E-state index in [0.29, 0.717) is 0 Å². The fourth-order valence-electron chi connectivity index (χ4n) is 3.13. The first-order valence-corrected chi connectivity index (χ1v) is 7.11. The standard InChI is InChI=1S/C20H16.3CH3.Pt/c1-14-9-10-16(13-14)18-7-4-8-19-17-6-3-2-5-15(17)11-12-20(18)19;;;;/h2-8,10-13H,9H2,1H3;3*1H3;/q;3*-1;. The Morgan fingerprint density at radius 1 is 0.708 bits per heavy atom. The molecule has 1 aliphatic carbocycles. The monoisotopic (exact) mass is 496 g/mol. The molecule has 0 aromatic heterocycles. The van der Waals surface area contributed by atoms with Crippen LogP contribution >= 0.6 is 0 Å². The summed E-state index contributed by atoms with van der Waals surface area (Å²) in [5, 5.41) is 5.35. The second-order valence-electron chi connectivity index (χ2n) is 5.54. The minimum absolute atomic E-state index is 0. The first-order valence-electron chi connectivity index (χ1n) is 7.11. The van der Waals surface area contributed by atoms with E-state index >= 15 is 0 Å². The van der Waals surface area contributed by atoms with E-state index < -0.39 is 0 Å².